The fourth-order valence-corrected chi connectivity index (χ4v) is 2.93. The van der Waals surface area contributed by atoms with Crippen LogP contribution in [-0.2, 0) is 0 Å². The summed E-state index contributed by atoms with van der Waals surface area (Å²) in [5.74, 6) is -1.09. The van der Waals surface area contributed by atoms with Crippen LogP contribution in [-0.4, -0.2) is 11.3 Å². The van der Waals surface area contributed by atoms with E-state index in [1.165, 1.54) is 0 Å². The summed E-state index contributed by atoms with van der Waals surface area (Å²) in [6.07, 6.45) is -2.52. The lowest BCUT2D eigenvalue weighted by Gasteiger charge is -2.30. The van der Waals surface area contributed by atoms with Crippen molar-refractivity contribution < 1.29 is 17.7 Å². The van der Waals surface area contributed by atoms with E-state index in [0.717, 1.165) is 12.0 Å². The maximum atomic E-state index is 12.8. The zero-order valence-electron chi connectivity index (χ0n) is 11.1. The van der Waals surface area contributed by atoms with E-state index in [-0.39, 0.29) is 30.6 Å². The molecule has 1 aliphatic carbocycles. The highest BCUT2D eigenvalue weighted by Gasteiger charge is 2.43. The Kier molecular flexibility index (Phi) is 3.78. The fraction of sp³-hybridized carbons (Fsp3) is 0.769. The van der Waals surface area contributed by atoms with Crippen LogP contribution in [0.15, 0.2) is 4.52 Å². The Morgan fingerprint density at radius 3 is 2.58 bits per heavy atom. The van der Waals surface area contributed by atoms with E-state index in [4.69, 9.17) is 10.3 Å². The van der Waals surface area contributed by atoms with Gasteiger partial charge in [0.2, 0.25) is 5.88 Å². The van der Waals surface area contributed by atoms with E-state index in [0.29, 0.717) is 12.1 Å². The summed E-state index contributed by atoms with van der Waals surface area (Å²) in [6.45, 7) is 3.88. The van der Waals surface area contributed by atoms with Crippen LogP contribution in [0, 0.1) is 5.92 Å². The molecule has 0 radical (unpaired) electrons. The second-order valence-corrected chi connectivity index (χ2v) is 5.60. The number of aromatic nitrogens is 1. The maximum absolute atomic E-state index is 12.8. The molecular formula is C13H19F3N2O. The van der Waals surface area contributed by atoms with Crippen molar-refractivity contribution in [2.24, 2.45) is 5.92 Å². The second-order valence-electron chi connectivity index (χ2n) is 5.60. The number of nitrogens with two attached hydrogens (primary N) is 1. The minimum Gasteiger partial charge on any atom is -0.367 e. The SMILES string of the molecule is CC(C)c1c(C2CCCC(C(F)(F)F)C2)noc1N. The van der Waals surface area contributed by atoms with Gasteiger partial charge in [0.1, 0.15) is 0 Å². The molecule has 2 rings (SSSR count). The number of alkyl halides is 3. The molecule has 108 valence electrons. The van der Waals surface area contributed by atoms with Crippen LogP contribution < -0.4 is 5.73 Å². The van der Waals surface area contributed by atoms with Gasteiger partial charge in [-0.15, -0.1) is 0 Å². The third-order valence-corrected chi connectivity index (χ3v) is 3.88. The third kappa shape index (κ3) is 2.87. The van der Waals surface area contributed by atoms with Gasteiger partial charge in [-0.25, -0.2) is 0 Å². The van der Waals surface area contributed by atoms with Crippen LogP contribution in [0.1, 0.15) is 62.6 Å². The van der Waals surface area contributed by atoms with E-state index >= 15 is 0 Å². The van der Waals surface area contributed by atoms with Crippen LogP contribution in [0.3, 0.4) is 0 Å². The maximum Gasteiger partial charge on any atom is 0.391 e. The Bertz CT molecular complexity index is 440. The normalized spacial score (nSPS) is 24.9. The van der Waals surface area contributed by atoms with E-state index in [1.807, 2.05) is 13.8 Å². The summed E-state index contributed by atoms with van der Waals surface area (Å²) < 4.78 is 43.5. The van der Waals surface area contributed by atoms with Crippen LogP contribution in [0.4, 0.5) is 19.1 Å². The predicted octanol–water partition coefficient (Wildman–Crippen LogP) is 4.22. The third-order valence-electron chi connectivity index (χ3n) is 3.88. The van der Waals surface area contributed by atoms with Crippen LogP contribution in [0.2, 0.25) is 0 Å². The first-order valence-electron chi connectivity index (χ1n) is 6.62. The van der Waals surface area contributed by atoms with Crippen LogP contribution in [0.25, 0.3) is 0 Å². The summed E-state index contributed by atoms with van der Waals surface area (Å²) in [5, 5.41) is 3.91. The van der Waals surface area contributed by atoms with Gasteiger partial charge in [-0.05, 0) is 25.2 Å². The van der Waals surface area contributed by atoms with Gasteiger partial charge in [0.25, 0.3) is 0 Å². The lowest BCUT2D eigenvalue weighted by atomic mass is 9.78. The highest BCUT2D eigenvalue weighted by molar-refractivity contribution is 5.42. The quantitative estimate of drug-likeness (QED) is 0.880. The highest BCUT2D eigenvalue weighted by Crippen LogP contribution is 2.45. The standard InChI is InChI=1S/C13H19F3N2O/c1-7(2)10-11(18-19-12(10)17)8-4-3-5-9(6-8)13(14,15)16/h7-9H,3-6,17H2,1-2H3. The molecule has 0 amide bonds. The van der Waals surface area contributed by atoms with Crippen molar-refractivity contribution in [2.75, 3.05) is 5.73 Å². The van der Waals surface area contributed by atoms with Crippen molar-refractivity contribution in [3.8, 4) is 0 Å². The summed E-state index contributed by atoms with van der Waals surface area (Å²) >= 11 is 0. The predicted molar refractivity (Wildman–Crippen MR) is 65.8 cm³/mol. The number of rotatable bonds is 2. The van der Waals surface area contributed by atoms with Crippen molar-refractivity contribution in [2.45, 2.75) is 57.5 Å². The minimum absolute atomic E-state index is 0.0925. The van der Waals surface area contributed by atoms with Gasteiger partial charge in [-0.2, -0.15) is 13.2 Å². The molecule has 2 N–H and O–H groups in total. The zero-order valence-corrected chi connectivity index (χ0v) is 11.1. The summed E-state index contributed by atoms with van der Waals surface area (Å²) in [7, 11) is 0. The van der Waals surface area contributed by atoms with Crippen LogP contribution in [0.5, 0.6) is 0 Å². The van der Waals surface area contributed by atoms with Gasteiger partial charge >= 0.3 is 6.18 Å². The lowest BCUT2D eigenvalue weighted by molar-refractivity contribution is -0.183. The first-order chi connectivity index (χ1) is 8.80. The highest BCUT2D eigenvalue weighted by atomic mass is 19.4. The Morgan fingerprint density at radius 1 is 1.32 bits per heavy atom. The minimum atomic E-state index is -4.12. The molecule has 0 bridgehead atoms. The van der Waals surface area contributed by atoms with Gasteiger partial charge in [-0.3, -0.25) is 0 Å². The second kappa shape index (κ2) is 5.06. The van der Waals surface area contributed by atoms with Crippen molar-refractivity contribution >= 4 is 5.88 Å². The van der Waals surface area contributed by atoms with Crippen molar-refractivity contribution in [3.05, 3.63) is 11.3 Å². The van der Waals surface area contributed by atoms with E-state index in [2.05, 4.69) is 5.16 Å². The number of nitrogens with zero attached hydrogens (tertiary/aromatic N) is 1. The molecule has 6 heteroatoms. The first-order valence-corrected chi connectivity index (χ1v) is 6.62. The van der Waals surface area contributed by atoms with E-state index < -0.39 is 12.1 Å². The Hall–Kier alpha value is -1.20. The molecule has 1 aromatic heterocycles. The molecule has 3 nitrogen and oxygen atoms in total. The first kappa shape index (κ1) is 14.2. The van der Waals surface area contributed by atoms with Crippen molar-refractivity contribution in [1.82, 2.24) is 5.16 Å². The number of nitrogen functional groups attached to an aromatic ring is 1. The summed E-state index contributed by atoms with van der Waals surface area (Å²) in [5.41, 5.74) is 7.12. The van der Waals surface area contributed by atoms with E-state index in [1.54, 1.807) is 0 Å². The molecule has 1 saturated carbocycles. The van der Waals surface area contributed by atoms with Crippen molar-refractivity contribution in [1.29, 1.82) is 0 Å². The van der Waals surface area contributed by atoms with Gasteiger partial charge in [0, 0.05) is 11.5 Å². The largest absolute Gasteiger partial charge is 0.391 e. The van der Waals surface area contributed by atoms with Crippen molar-refractivity contribution in [3.63, 3.8) is 0 Å². The molecule has 1 aliphatic rings. The monoisotopic (exact) mass is 276 g/mol. The molecule has 0 aliphatic heterocycles. The Morgan fingerprint density at radius 2 is 2.00 bits per heavy atom. The summed E-state index contributed by atoms with van der Waals surface area (Å²) in [6, 6.07) is 0. The molecule has 2 atom stereocenters. The van der Waals surface area contributed by atoms with Gasteiger partial charge in [0.15, 0.2) is 0 Å². The molecule has 1 fully saturated rings. The molecule has 19 heavy (non-hydrogen) atoms. The van der Waals surface area contributed by atoms with E-state index in [9.17, 15) is 13.2 Å². The molecule has 0 saturated heterocycles. The van der Waals surface area contributed by atoms with Gasteiger partial charge in [0.05, 0.1) is 11.6 Å². The molecule has 0 aromatic carbocycles. The smallest absolute Gasteiger partial charge is 0.367 e. The number of hydrogen-bond donors (Lipinski definition) is 1. The van der Waals surface area contributed by atoms with Crippen LogP contribution >= 0.6 is 0 Å². The summed E-state index contributed by atoms with van der Waals surface area (Å²) in [4.78, 5) is 0. The Balaban J connectivity index is 2.23. The number of halogens is 3. The molecule has 1 heterocycles. The van der Waals surface area contributed by atoms with Gasteiger partial charge < -0.3 is 10.3 Å². The Labute approximate surface area is 110 Å². The molecule has 2 unspecified atom stereocenters. The number of hydrogen-bond acceptors (Lipinski definition) is 3. The topological polar surface area (TPSA) is 52.0 Å². The number of anilines is 1. The molecule has 0 spiro atoms. The average Bonchev–Trinajstić information content (AvgIpc) is 2.70. The zero-order chi connectivity index (χ0) is 14.2. The molecule has 1 aromatic rings. The average molecular weight is 276 g/mol. The molecular weight excluding hydrogens is 257 g/mol. The lowest BCUT2D eigenvalue weighted by Crippen LogP contribution is -2.28. The fourth-order valence-electron chi connectivity index (χ4n) is 2.93. The van der Waals surface area contributed by atoms with Gasteiger partial charge in [-0.1, -0.05) is 25.4 Å².